The molecule has 2 atom stereocenters. The minimum Gasteiger partial charge on any atom is -0.477 e. The Morgan fingerprint density at radius 3 is 2.88 bits per heavy atom. The van der Waals surface area contributed by atoms with Crippen molar-refractivity contribution in [3.05, 3.63) is 65.2 Å². The van der Waals surface area contributed by atoms with Crippen LogP contribution >= 0.6 is 46.4 Å². The van der Waals surface area contributed by atoms with E-state index in [9.17, 15) is 24.7 Å². The van der Waals surface area contributed by atoms with Gasteiger partial charge < -0.3 is 25.9 Å². The molecule has 220 valence electrons. The molecule has 2 amide bonds. The third-order valence-electron chi connectivity index (χ3n) is 6.34. The van der Waals surface area contributed by atoms with E-state index >= 15 is 0 Å². The van der Waals surface area contributed by atoms with Crippen LogP contribution in [-0.2, 0) is 20.9 Å². The van der Waals surface area contributed by atoms with Gasteiger partial charge in [-0.3, -0.25) is 19.5 Å². The molecule has 4 aromatic rings. The van der Waals surface area contributed by atoms with Gasteiger partial charge in [0.05, 0.1) is 24.3 Å². The van der Waals surface area contributed by atoms with E-state index in [4.69, 9.17) is 5.73 Å². The molecular formula is C24H20N10O5S4. The van der Waals surface area contributed by atoms with E-state index in [2.05, 4.69) is 34.8 Å². The van der Waals surface area contributed by atoms with Gasteiger partial charge in [-0.05, 0) is 17.7 Å². The monoisotopic (exact) mass is 656 g/mol. The molecule has 19 heteroatoms. The van der Waals surface area contributed by atoms with Crippen molar-refractivity contribution in [1.29, 1.82) is 0 Å². The fourth-order valence-electron chi connectivity index (χ4n) is 4.40. The second-order valence-electron chi connectivity index (χ2n) is 9.09. The zero-order valence-electron chi connectivity index (χ0n) is 21.7. The zero-order chi connectivity index (χ0) is 30.1. The average Bonchev–Trinajstić information content (AvgIpc) is 3.77. The predicted octanol–water partition coefficient (Wildman–Crippen LogP) is 1.59. The van der Waals surface area contributed by atoms with Crippen molar-refractivity contribution >= 4 is 75.0 Å². The number of hydrogen-bond acceptors (Lipinski definition) is 15. The Morgan fingerprint density at radius 2 is 2.16 bits per heavy atom. The van der Waals surface area contributed by atoms with Gasteiger partial charge in [-0.25, -0.2) is 14.8 Å². The summed E-state index contributed by atoms with van der Waals surface area (Å²) in [7, 11) is 0. The number of anilines is 1. The topological polar surface area (TPSA) is 215 Å². The average molecular weight is 657 g/mol. The van der Waals surface area contributed by atoms with Gasteiger partial charge >= 0.3 is 5.97 Å². The number of thiazole rings is 1. The van der Waals surface area contributed by atoms with E-state index in [1.807, 2.05) is 28.3 Å². The van der Waals surface area contributed by atoms with Gasteiger partial charge in [0.1, 0.15) is 17.1 Å². The maximum absolute atomic E-state index is 13.0. The number of hydrogen-bond donors (Lipinski definition) is 4. The van der Waals surface area contributed by atoms with Crippen molar-refractivity contribution in [3.8, 4) is 11.3 Å². The first-order valence-electron chi connectivity index (χ1n) is 12.3. The molecule has 1 saturated heterocycles. The number of imidazole rings is 1. The molecule has 0 saturated carbocycles. The van der Waals surface area contributed by atoms with Crippen LogP contribution < -0.4 is 11.1 Å². The lowest BCUT2D eigenvalue weighted by Gasteiger charge is -2.49. The summed E-state index contributed by atoms with van der Waals surface area (Å²) in [6, 6.07) is 2.77. The number of nitrogens with one attached hydrogen (secondary N) is 1. The van der Waals surface area contributed by atoms with Crippen molar-refractivity contribution < 1.29 is 24.7 Å². The van der Waals surface area contributed by atoms with Gasteiger partial charge in [0.2, 0.25) is 11.5 Å². The summed E-state index contributed by atoms with van der Waals surface area (Å²) in [5, 5.41) is 26.1. The highest BCUT2D eigenvalue weighted by molar-refractivity contribution is 8.01. The van der Waals surface area contributed by atoms with Gasteiger partial charge in [-0.1, -0.05) is 16.9 Å². The van der Waals surface area contributed by atoms with E-state index in [0.717, 1.165) is 32.8 Å². The van der Waals surface area contributed by atoms with E-state index < -0.39 is 34.9 Å². The van der Waals surface area contributed by atoms with Crippen molar-refractivity contribution in [2.24, 2.45) is 5.16 Å². The van der Waals surface area contributed by atoms with E-state index in [1.165, 1.54) is 39.8 Å². The number of aliphatic carboxylic acids is 1. The number of β-lactam (4-membered cyclic amide) rings is 1. The Kier molecular flexibility index (Phi) is 8.10. The van der Waals surface area contributed by atoms with Crippen LogP contribution in [0.2, 0.25) is 0 Å². The van der Waals surface area contributed by atoms with Crippen LogP contribution in [0, 0.1) is 0 Å². The fourth-order valence-corrected chi connectivity index (χ4v) is 8.16. The SMILES string of the molecule is Nc1nc(/C(=N\O)C(=O)N[C@@H]2C(=O)N3C(C(=O)O)=C(CSc4nc(Cn5cnc(-c6cccnc6)c5)cs4)CS[C@H]23)ns1. The molecule has 1 fully saturated rings. The van der Waals surface area contributed by atoms with Crippen LogP contribution in [0.1, 0.15) is 11.5 Å². The molecule has 6 heterocycles. The number of carbonyl (C=O) groups is 3. The Balaban J connectivity index is 1.09. The number of oxime groups is 1. The highest BCUT2D eigenvalue weighted by Gasteiger charge is 2.54. The van der Waals surface area contributed by atoms with Crippen LogP contribution in [0.3, 0.4) is 0 Å². The molecule has 2 aliphatic heterocycles. The first-order chi connectivity index (χ1) is 20.8. The third-order valence-corrected chi connectivity index (χ3v) is 10.4. The van der Waals surface area contributed by atoms with E-state index in [-0.39, 0.29) is 16.7 Å². The molecule has 5 N–H and O–H groups in total. The molecule has 0 aromatic carbocycles. The van der Waals surface area contributed by atoms with Crippen LogP contribution in [-0.4, -0.2) is 90.5 Å². The third kappa shape index (κ3) is 5.83. The molecular weight excluding hydrogens is 637 g/mol. The summed E-state index contributed by atoms with van der Waals surface area (Å²) in [4.78, 5) is 56.1. The van der Waals surface area contributed by atoms with Gasteiger partial charge in [-0.2, -0.15) is 9.36 Å². The quantitative estimate of drug-likeness (QED) is 0.0628. The van der Waals surface area contributed by atoms with Gasteiger partial charge in [0, 0.05) is 52.6 Å². The highest BCUT2D eigenvalue weighted by Crippen LogP contribution is 2.42. The second-order valence-corrected chi connectivity index (χ2v) is 13.1. The van der Waals surface area contributed by atoms with Gasteiger partial charge in [-0.15, -0.1) is 23.1 Å². The lowest BCUT2D eigenvalue weighted by atomic mass is 10.0. The number of pyridine rings is 1. The second kappa shape index (κ2) is 12.1. The molecule has 0 bridgehead atoms. The number of nitrogen functional groups attached to an aromatic ring is 1. The first-order valence-corrected chi connectivity index (χ1v) is 16.0. The van der Waals surface area contributed by atoms with E-state index in [0.29, 0.717) is 23.6 Å². The maximum atomic E-state index is 13.0. The number of amides is 2. The molecule has 2 aliphatic rings. The summed E-state index contributed by atoms with van der Waals surface area (Å²) in [6.07, 6.45) is 7.11. The number of aromatic nitrogens is 6. The number of carbonyl (C=O) groups excluding carboxylic acids is 2. The maximum Gasteiger partial charge on any atom is 0.352 e. The fraction of sp³-hybridized carbons (Fsp3) is 0.208. The summed E-state index contributed by atoms with van der Waals surface area (Å²) in [6.45, 7) is 0.523. The van der Waals surface area contributed by atoms with Crippen LogP contribution in [0.4, 0.5) is 5.13 Å². The molecule has 0 spiro atoms. The Bertz CT molecular complexity index is 1770. The number of nitrogens with two attached hydrogens (primary N) is 1. The smallest absolute Gasteiger partial charge is 0.352 e. The van der Waals surface area contributed by atoms with Crippen molar-refractivity contribution in [2.45, 2.75) is 22.3 Å². The molecule has 0 radical (unpaired) electrons. The van der Waals surface area contributed by atoms with Crippen LogP contribution in [0.15, 0.2) is 63.2 Å². The predicted molar refractivity (Wildman–Crippen MR) is 160 cm³/mol. The molecule has 6 rings (SSSR count). The Morgan fingerprint density at radius 1 is 1.30 bits per heavy atom. The highest BCUT2D eigenvalue weighted by atomic mass is 32.2. The molecule has 43 heavy (non-hydrogen) atoms. The number of carboxylic acids is 1. The Labute approximate surface area is 259 Å². The molecule has 0 aliphatic carbocycles. The van der Waals surface area contributed by atoms with Crippen LogP contribution in [0.5, 0.6) is 0 Å². The first kappa shape index (κ1) is 28.8. The molecule has 0 unspecified atom stereocenters. The normalized spacial score (nSPS) is 18.4. The molecule has 4 aromatic heterocycles. The largest absolute Gasteiger partial charge is 0.477 e. The standard InChI is InChI=1S/C24H20N10O5S4/c25-23-30-18(32-43-23)15(31-39)19(35)29-16-20(36)34-17(22(37)38)12(7-40-21(16)34)8-41-24-28-13(9-42-24)5-33-6-14(27-10-33)11-2-1-3-26-4-11/h1-4,6,9-10,16,21,39H,5,7-8H2,(H,29,35)(H,37,38)(H2,25,30,32)/b31-15+/t16-,21-/m1/s1. The van der Waals surface area contributed by atoms with Gasteiger partial charge in [0.25, 0.3) is 11.8 Å². The van der Waals surface area contributed by atoms with Gasteiger partial charge in [0.15, 0.2) is 9.47 Å². The number of fused-ring (bicyclic) bond motifs is 1. The minimum atomic E-state index is -1.23. The lowest BCUT2D eigenvalue weighted by molar-refractivity contribution is -0.150. The van der Waals surface area contributed by atoms with E-state index in [1.54, 1.807) is 18.7 Å². The zero-order valence-corrected chi connectivity index (χ0v) is 25.0. The number of thioether (sulfide) groups is 2. The number of rotatable bonds is 10. The Hall–Kier alpha value is -4.33. The summed E-state index contributed by atoms with van der Waals surface area (Å²) < 4.78 is 6.53. The summed E-state index contributed by atoms with van der Waals surface area (Å²) in [5.74, 6) is -2.23. The molecule has 15 nitrogen and oxygen atoms in total. The lowest BCUT2D eigenvalue weighted by Crippen LogP contribution is -2.71. The van der Waals surface area contributed by atoms with Crippen molar-refractivity contribution in [2.75, 3.05) is 17.2 Å². The van der Waals surface area contributed by atoms with Crippen molar-refractivity contribution in [1.82, 2.24) is 39.1 Å². The number of nitrogens with zero attached hydrogens (tertiary/aromatic N) is 8. The van der Waals surface area contributed by atoms with Crippen molar-refractivity contribution in [3.63, 3.8) is 0 Å². The number of carboxylic acid groups (broad SMARTS) is 1. The van der Waals surface area contributed by atoms with Crippen LogP contribution in [0.25, 0.3) is 11.3 Å². The minimum absolute atomic E-state index is 0.0712. The summed E-state index contributed by atoms with van der Waals surface area (Å²) >= 11 is 4.99. The summed E-state index contributed by atoms with van der Waals surface area (Å²) in [5.41, 5.74) is 8.07.